The zero-order valence-electron chi connectivity index (χ0n) is 14.1. The van der Waals surface area contributed by atoms with Gasteiger partial charge in [0.15, 0.2) is 5.84 Å². The number of fused-ring (bicyclic) bond motifs is 1. The number of aromatic amines is 1. The van der Waals surface area contributed by atoms with E-state index in [4.69, 9.17) is 0 Å². The van der Waals surface area contributed by atoms with Crippen LogP contribution >= 0.6 is 0 Å². The van der Waals surface area contributed by atoms with Crippen LogP contribution < -0.4 is 16.4 Å². The molecule has 1 aliphatic rings. The van der Waals surface area contributed by atoms with Crippen LogP contribution in [0.25, 0.3) is 16.8 Å². The average molecular weight is 378 g/mol. The lowest BCUT2D eigenvalue weighted by Gasteiger charge is -2.17. The van der Waals surface area contributed by atoms with Crippen molar-refractivity contribution in [2.24, 2.45) is 4.99 Å². The number of urea groups is 1. The minimum atomic E-state index is -1.01. The third-order valence-corrected chi connectivity index (χ3v) is 4.15. The van der Waals surface area contributed by atoms with Crippen LogP contribution in [-0.2, 0) is 4.79 Å². The predicted molar refractivity (Wildman–Crippen MR) is 99.6 cm³/mol. The Morgan fingerprint density at radius 3 is 2.36 bits per heavy atom. The first-order valence-electron chi connectivity index (χ1n) is 8.11. The molecule has 2 heterocycles. The van der Waals surface area contributed by atoms with Gasteiger partial charge in [-0.1, -0.05) is 30.3 Å². The Morgan fingerprint density at radius 2 is 1.61 bits per heavy atom. The summed E-state index contributed by atoms with van der Waals surface area (Å²) < 4.78 is 14.7. The molecule has 1 aliphatic heterocycles. The highest BCUT2D eigenvalue weighted by molar-refractivity contribution is 6.31. The number of benzene rings is 2. The Kier molecular flexibility index (Phi) is 4.04. The summed E-state index contributed by atoms with van der Waals surface area (Å²) in [6.45, 7) is 0. The van der Waals surface area contributed by atoms with Crippen LogP contribution in [0.5, 0.6) is 0 Å². The van der Waals surface area contributed by atoms with Gasteiger partial charge in [-0.25, -0.2) is 9.18 Å². The Balaban J connectivity index is 2.00. The summed E-state index contributed by atoms with van der Waals surface area (Å²) >= 11 is 0. The average Bonchev–Trinajstić information content (AvgIpc) is 2.68. The van der Waals surface area contributed by atoms with Gasteiger partial charge in [0.2, 0.25) is 0 Å². The summed E-state index contributed by atoms with van der Waals surface area (Å²) in [7, 11) is 0. The van der Waals surface area contributed by atoms with Gasteiger partial charge in [-0.05, 0) is 24.3 Å². The summed E-state index contributed by atoms with van der Waals surface area (Å²) in [6.07, 6.45) is 1.15. The minimum absolute atomic E-state index is 0.0471. The van der Waals surface area contributed by atoms with Crippen molar-refractivity contribution in [2.45, 2.75) is 0 Å². The van der Waals surface area contributed by atoms with Crippen LogP contribution in [0.1, 0.15) is 5.56 Å². The number of imide groups is 1. The maximum absolute atomic E-state index is 14.0. The lowest BCUT2D eigenvalue weighted by Crippen LogP contribution is -2.44. The second-order valence-corrected chi connectivity index (χ2v) is 5.90. The van der Waals surface area contributed by atoms with Gasteiger partial charge in [0, 0.05) is 5.56 Å². The number of nitrogens with zero attached hydrogens (tertiary/aromatic N) is 2. The fraction of sp³-hybridized carbons (Fsp3) is 0. The van der Waals surface area contributed by atoms with Crippen LogP contribution in [0.2, 0.25) is 0 Å². The molecule has 0 bridgehead atoms. The van der Waals surface area contributed by atoms with E-state index in [0.29, 0.717) is 4.68 Å². The molecule has 28 heavy (non-hydrogen) atoms. The van der Waals surface area contributed by atoms with E-state index in [9.17, 15) is 23.6 Å². The van der Waals surface area contributed by atoms with Crippen LogP contribution in [0.15, 0.2) is 68.7 Å². The van der Waals surface area contributed by atoms with Gasteiger partial charge < -0.3 is 0 Å². The fourth-order valence-electron chi connectivity index (χ4n) is 2.85. The third-order valence-electron chi connectivity index (χ3n) is 4.15. The molecule has 1 aromatic heterocycles. The van der Waals surface area contributed by atoms with Crippen molar-refractivity contribution in [1.29, 1.82) is 0 Å². The third kappa shape index (κ3) is 2.84. The highest BCUT2D eigenvalue weighted by Gasteiger charge is 2.28. The van der Waals surface area contributed by atoms with E-state index in [1.807, 2.05) is 5.32 Å². The van der Waals surface area contributed by atoms with Crippen molar-refractivity contribution in [2.75, 3.05) is 0 Å². The highest BCUT2D eigenvalue weighted by Crippen LogP contribution is 2.15. The molecule has 3 amide bonds. The molecule has 0 radical (unpaired) electrons. The first-order chi connectivity index (χ1) is 13.5. The number of nitrogens with one attached hydrogen (secondary N) is 2. The molecule has 0 unspecified atom stereocenters. The number of hydrogen-bond donors (Lipinski definition) is 2. The van der Waals surface area contributed by atoms with Crippen LogP contribution in [0, 0.1) is 5.82 Å². The Bertz CT molecular complexity index is 1330. The molecule has 0 saturated heterocycles. The van der Waals surface area contributed by atoms with Crippen LogP contribution in [-0.4, -0.2) is 27.6 Å². The maximum atomic E-state index is 14.0. The highest BCUT2D eigenvalue weighted by atomic mass is 19.1. The van der Waals surface area contributed by atoms with Crippen molar-refractivity contribution >= 4 is 34.6 Å². The summed E-state index contributed by atoms with van der Waals surface area (Å²) in [5, 5.41) is 4.52. The number of aliphatic imine (C=N–C) groups is 1. The number of hydrogen-bond acceptors (Lipinski definition) is 4. The Hall–Kier alpha value is -4.14. The Labute approximate surface area is 155 Å². The van der Waals surface area contributed by atoms with Gasteiger partial charge in [0.25, 0.3) is 17.0 Å². The molecular formula is C19H11FN4O4. The van der Waals surface area contributed by atoms with Crippen molar-refractivity contribution < 1.29 is 14.0 Å². The molecule has 0 atom stereocenters. The zero-order chi connectivity index (χ0) is 19.8. The first kappa shape index (κ1) is 17.3. The van der Waals surface area contributed by atoms with Crippen molar-refractivity contribution in [1.82, 2.24) is 15.1 Å². The molecule has 138 valence electrons. The monoisotopic (exact) mass is 378 g/mol. The maximum Gasteiger partial charge on any atom is 0.349 e. The van der Waals surface area contributed by atoms with Gasteiger partial charge in [-0.3, -0.25) is 24.8 Å². The summed E-state index contributed by atoms with van der Waals surface area (Å²) in [5.74, 6) is -1.89. The largest absolute Gasteiger partial charge is 0.349 e. The number of H-pyrrole nitrogens is 1. The van der Waals surface area contributed by atoms with Gasteiger partial charge in [0.1, 0.15) is 5.82 Å². The molecule has 2 N–H and O–H groups in total. The molecule has 0 spiro atoms. The molecular weight excluding hydrogens is 367 g/mol. The molecule has 0 fully saturated rings. The second kappa shape index (κ2) is 6.54. The normalized spacial score (nSPS) is 15.6. The van der Waals surface area contributed by atoms with Gasteiger partial charge >= 0.3 is 6.03 Å². The van der Waals surface area contributed by atoms with E-state index in [2.05, 4.69) is 10.1 Å². The molecule has 2 aromatic carbocycles. The van der Waals surface area contributed by atoms with Crippen LogP contribution in [0.3, 0.4) is 0 Å². The topological polar surface area (TPSA) is 113 Å². The molecule has 8 nitrogen and oxygen atoms in total. The molecule has 0 aliphatic carbocycles. The quantitative estimate of drug-likeness (QED) is 0.623. The first-order valence-corrected chi connectivity index (χ1v) is 8.11. The van der Waals surface area contributed by atoms with E-state index >= 15 is 0 Å². The number of carbonyl (C=O) groups excluding carboxylic acids is 2. The number of rotatable bonds is 1. The smallest absolute Gasteiger partial charge is 0.272 e. The van der Waals surface area contributed by atoms with Crippen molar-refractivity contribution in [3.05, 3.63) is 86.2 Å². The predicted octanol–water partition coefficient (Wildman–Crippen LogP) is 1.41. The lowest BCUT2D eigenvalue weighted by atomic mass is 10.1. The molecule has 3 aromatic rings. The van der Waals surface area contributed by atoms with E-state index in [0.717, 1.165) is 6.08 Å². The number of aromatic nitrogens is 2. The van der Waals surface area contributed by atoms with Crippen molar-refractivity contribution in [3.63, 3.8) is 0 Å². The summed E-state index contributed by atoms with van der Waals surface area (Å²) in [4.78, 5) is 52.9. The minimum Gasteiger partial charge on any atom is -0.272 e. The van der Waals surface area contributed by atoms with Gasteiger partial charge in [-0.15, -0.1) is 0 Å². The Morgan fingerprint density at radius 1 is 0.929 bits per heavy atom. The van der Waals surface area contributed by atoms with E-state index in [1.54, 1.807) is 18.2 Å². The number of amides is 3. The van der Waals surface area contributed by atoms with E-state index < -0.39 is 34.7 Å². The SMILES string of the molecule is O=C1N=C(n2[nH]c(=O)c3ccccc3c2=O)/C(=C/c2ccccc2F)C(=O)N1. The molecule has 0 saturated carbocycles. The van der Waals surface area contributed by atoms with Crippen molar-refractivity contribution in [3.8, 4) is 0 Å². The summed E-state index contributed by atoms with van der Waals surface area (Å²) in [6, 6.07) is 10.7. The van der Waals surface area contributed by atoms with E-state index in [-0.39, 0.29) is 21.9 Å². The second-order valence-electron chi connectivity index (χ2n) is 5.90. The summed E-state index contributed by atoms with van der Waals surface area (Å²) in [5.41, 5.74) is -1.50. The van der Waals surface area contributed by atoms with E-state index in [1.165, 1.54) is 30.3 Å². The van der Waals surface area contributed by atoms with Gasteiger partial charge in [0.05, 0.1) is 16.3 Å². The zero-order valence-corrected chi connectivity index (χ0v) is 14.1. The van der Waals surface area contributed by atoms with Crippen LogP contribution in [0.4, 0.5) is 9.18 Å². The standard InChI is InChI=1S/C19H11FN4O4/c20-14-8-4-1-5-10(14)9-13-15(21-19(28)22-16(13)25)24-18(27)12-7-3-2-6-11(12)17(26)23-24/h1-9H,(H,23,26)(H,22,25,28)/b13-9-. The fourth-order valence-corrected chi connectivity index (χ4v) is 2.85. The number of carbonyl (C=O) groups is 2. The molecule has 9 heteroatoms. The van der Waals surface area contributed by atoms with Gasteiger partial charge in [-0.2, -0.15) is 9.67 Å². The lowest BCUT2D eigenvalue weighted by molar-refractivity contribution is -0.116. The molecule has 4 rings (SSSR count). The number of halogens is 1.